The molecule has 0 aliphatic heterocycles. The summed E-state index contributed by atoms with van der Waals surface area (Å²) in [7, 11) is 4.96. The molecular formula is C10H28O4P2S4. The lowest BCUT2D eigenvalue weighted by atomic mass is 10.5. The molecule has 4 nitrogen and oxygen atoms in total. The highest BCUT2D eigenvalue weighted by Crippen LogP contribution is 2.19. The molecule has 0 aliphatic carbocycles. The maximum Gasteiger partial charge on any atom is 0.274 e. The van der Waals surface area contributed by atoms with Crippen molar-refractivity contribution >= 4 is 61.4 Å². The number of ether oxygens (including phenoxy) is 2. The third kappa shape index (κ3) is 604. The number of hydrogen-bond acceptors (Lipinski definition) is 6. The van der Waals surface area contributed by atoms with Gasteiger partial charge in [0.05, 0.1) is 24.5 Å². The quantitative estimate of drug-likeness (QED) is 0.280. The summed E-state index contributed by atoms with van der Waals surface area (Å²) in [6.45, 7) is 8.23. The summed E-state index contributed by atoms with van der Waals surface area (Å²) in [5.74, 6) is 0. The maximum atomic E-state index is 9.27. The SMILES string of the molecule is C.C=CC.CCCOC.COC.O=[P+]([S-])S.O=[P+]([S-])S. The lowest BCUT2D eigenvalue weighted by molar-refractivity contribution is 0.199. The summed E-state index contributed by atoms with van der Waals surface area (Å²) in [6, 6.07) is 0. The van der Waals surface area contributed by atoms with E-state index in [0.717, 1.165) is 13.0 Å². The van der Waals surface area contributed by atoms with Crippen LogP contribution in [0.5, 0.6) is 0 Å². The summed E-state index contributed by atoms with van der Waals surface area (Å²) in [5.41, 5.74) is 0. The molecule has 0 bridgehead atoms. The van der Waals surface area contributed by atoms with Crippen molar-refractivity contribution in [2.45, 2.75) is 27.7 Å². The van der Waals surface area contributed by atoms with Crippen molar-refractivity contribution < 1.29 is 18.6 Å². The van der Waals surface area contributed by atoms with Gasteiger partial charge in [0, 0.05) is 27.9 Å². The second-order valence-corrected chi connectivity index (χ2v) is 9.03. The Morgan fingerprint density at radius 2 is 1.30 bits per heavy atom. The van der Waals surface area contributed by atoms with Gasteiger partial charge >= 0.3 is 0 Å². The molecule has 126 valence electrons. The first-order valence-corrected chi connectivity index (χ1v) is 11.7. The molecule has 20 heavy (non-hydrogen) atoms. The van der Waals surface area contributed by atoms with E-state index in [0.29, 0.717) is 0 Å². The molecule has 0 spiro atoms. The number of hydrogen-bond donors (Lipinski definition) is 2. The molecular weight excluding hydrogens is 374 g/mol. The lowest BCUT2D eigenvalue weighted by Gasteiger charge is -1.84. The van der Waals surface area contributed by atoms with Crippen LogP contribution in [0.4, 0.5) is 0 Å². The molecule has 0 heterocycles. The monoisotopic (exact) mass is 402 g/mol. The van der Waals surface area contributed by atoms with Gasteiger partial charge in [-0.05, 0) is 13.3 Å². The van der Waals surface area contributed by atoms with E-state index in [4.69, 9.17) is 4.74 Å². The minimum absolute atomic E-state index is 0. The maximum absolute atomic E-state index is 9.27. The highest BCUT2D eigenvalue weighted by molar-refractivity contribution is 8.68. The van der Waals surface area contributed by atoms with Crippen LogP contribution < -0.4 is 0 Å². The third-order valence-corrected chi connectivity index (χ3v) is 0.408. The Kier molecular flexibility index (Phi) is 93.7. The summed E-state index contributed by atoms with van der Waals surface area (Å²) in [6.07, 6.45) is -0.314. The van der Waals surface area contributed by atoms with Crippen molar-refractivity contribution in [3.63, 3.8) is 0 Å². The fourth-order valence-electron chi connectivity index (χ4n) is 0.204. The summed E-state index contributed by atoms with van der Waals surface area (Å²) in [5, 5.41) is 0. The van der Waals surface area contributed by atoms with Gasteiger partial charge in [-0.3, -0.25) is 0 Å². The average Bonchev–Trinajstić information content (AvgIpc) is 2.19. The first-order chi connectivity index (χ1) is 8.71. The fraction of sp³-hybridized carbons (Fsp3) is 0.800. The van der Waals surface area contributed by atoms with E-state index in [1.165, 1.54) is 0 Å². The predicted octanol–water partition coefficient (Wildman–Crippen LogP) is 5.37. The van der Waals surface area contributed by atoms with Gasteiger partial charge in [-0.15, -0.1) is 6.58 Å². The van der Waals surface area contributed by atoms with Crippen LogP contribution >= 0.6 is 36.9 Å². The third-order valence-electron chi connectivity index (χ3n) is 0.408. The molecule has 0 saturated heterocycles. The smallest absolute Gasteiger partial charge is 0.274 e. The van der Waals surface area contributed by atoms with Crippen molar-refractivity contribution in [1.29, 1.82) is 0 Å². The second-order valence-electron chi connectivity index (χ2n) is 2.28. The van der Waals surface area contributed by atoms with Crippen molar-refractivity contribution in [2.75, 3.05) is 27.9 Å². The molecule has 0 fully saturated rings. The number of rotatable bonds is 2. The predicted molar refractivity (Wildman–Crippen MR) is 106 cm³/mol. The van der Waals surface area contributed by atoms with Gasteiger partial charge in [-0.1, -0.05) is 29.6 Å². The van der Waals surface area contributed by atoms with Crippen molar-refractivity contribution in [3.05, 3.63) is 12.7 Å². The van der Waals surface area contributed by atoms with E-state index in [9.17, 15) is 9.13 Å². The Morgan fingerprint density at radius 1 is 1.15 bits per heavy atom. The summed E-state index contributed by atoms with van der Waals surface area (Å²) < 4.78 is 27.5. The van der Waals surface area contributed by atoms with Crippen LogP contribution in [0.2, 0.25) is 0 Å². The van der Waals surface area contributed by atoms with Crippen LogP contribution in [-0.4, -0.2) is 27.9 Å². The summed E-state index contributed by atoms with van der Waals surface area (Å²) in [4.78, 5) is 0. The van der Waals surface area contributed by atoms with E-state index in [1.807, 2.05) is 6.92 Å². The first kappa shape index (κ1) is 37.5. The van der Waals surface area contributed by atoms with Gasteiger partial charge in [0.25, 0.3) is 12.4 Å². The average molecular weight is 403 g/mol. The van der Waals surface area contributed by atoms with Gasteiger partial charge in [0.1, 0.15) is 0 Å². The molecule has 0 amide bonds. The van der Waals surface area contributed by atoms with E-state index >= 15 is 0 Å². The van der Waals surface area contributed by atoms with Gasteiger partial charge in [-0.25, -0.2) is 0 Å². The van der Waals surface area contributed by atoms with Gasteiger partial charge in [0.2, 0.25) is 0 Å². The first-order valence-electron chi connectivity index (χ1n) is 4.84. The van der Waals surface area contributed by atoms with Crippen LogP contribution in [0.15, 0.2) is 12.7 Å². The highest BCUT2D eigenvalue weighted by Gasteiger charge is 1.67. The molecule has 2 atom stereocenters. The van der Waals surface area contributed by atoms with Crippen LogP contribution in [0.25, 0.3) is 0 Å². The molecule has 0 aromatic rings. The van der Waals surface area contributed by atoms with Crippen LogP contribution in [0, 0.1) is 0 Å². The van der Waals surface area contributed by atoms with Crippen LogP contribution in [-0.2, 0) is 43.1 Å². The molecule has 0 saturated carbocycles. The number of thiol groups is 2. The Bertz CT molecular complexity index is 165. The van der Waals surface area contributed by atoms with Gasteiger partial charge in [0.15, 0.2) is 0 Å². The highest BCUT2D eigenvalue weighted by atomic mass is 33.0. The molecule has 0 rings (SSSR count). The molecule has 0 N–H and O–H groups in total. The second kappa shape index (κ2) is 50.0. The van der Waals surface area contributed by atoms with E-state index in [1.54, 1.807) is 27.4 Å². The number of methoxy groups -OCH3 is 2. The van der Waals surface area contributed by atoms with E-state index < -0.39 is 12.4 Å². The minimum atomic E-state index is -1.59. The fourth-order valence-corrected chi connectivity index (χ4v) is 0.204. The number of allylic oxidation sites excluding steroid dienone is 1. The normalized spacial score (nSPS) is 8.05. The van der Waals surface area contributed by atoms with E-state index in [2.05, 4.69) is 67.2 Å². The van der Waals surface area contributed by atoms with Gasteiger partial charge < -0.3 is 34.0 Å². The van der Waals surface area contributed by atoms with Crippen LogP contribution in [0.1, 0.15) is 27.7 Å². The zero-order chi connectivity index (χ0) is 16.7. The zero-order valence-corrected chi connectivity index (χ0v) is 17.1. The topological polar surface area (TPSA) is 52.6 Å². The zero-order valence-electron chi connectivity index (χ0n) is 11.9. The standard InChI is InChI=1S/C4H10O.C3H6.C2H6O.CH4.2HOPS2/c1-3-4-5-2;2*1-3-2;;2*1-2(3)4/h3-4H2,1-2H3;3H,1H2,2H3;1-2H3;1H4;2*(H,1,3,4). The molecule has 0 radical (unpaired) electrons. The Labute approximate surface area is 148 Å². The molecule has 0 aromatic carbocycles. The minimum Gasteiger partial charge on any atom is -0.432 e. The van der Waals surface area contributed by atoms with Crippen molar-refractivity contribution in [1.82, 2.24) is 0 Å². The lowest BCUT2D eigenvalue weighted by Crippen LogP contribution is -1.80. The summed E-state index contributed by atoms with van der Waals surface area (Å²) >= 11 is 14.6. The van der Waals surface area contributed by atoms with Crippen molar-refractivity contribution in [3.8, 4) is 0 Å². The Hall–Kier alpha value is 1.26. The Morgan fingerprint density at radius 3 is 1.30 bits per heavy atom. The van der Waals surface area contributed by atoms with E-state index in [-0.39, 0.29) is 7.43 Å². The molecule has 10 heteroatoms. The Balaban J connectivity index is -0.0000000307. The van der Waals surface area contributed by atoms with Crippen LogP contribution in [0.3, 0.4) is 0 Å². The molecule has 2 unspecified atom stereocenters. The molecule has 0 aliphatic rings. The van der Waals surface area contributed by atoms with Gasteiger partial charge in [-0.2, -0.15) is 0 Å². The molecule has 0 aromatic heterocycles. The van der Waals surface area contributed by atoms with Crippen molar-refractivity contribution in [2.24, 2.45) is 0 Å². The largest absolute Gasteiger partial charge is 0.432 e.